The fraction of sp³-hybridized carbons (Fsp3) is 0.167. The van der Waals surface area contributed by atoms with Crippen LogP contribution in [0.4, 0.5) is 0 Å². The maximum absolute atomic E-state index is 10.7. The lowest BCUT2D eigenvalue weighted by Gasteiger charge is -1.91. The van der Waals surface area contributed by atoms with Crippen molar-refractivity contribution in [3.05, 3.63) is 34.2 Å². The molecule has 0 bridgehead atoms. The van der Waals surface area contributed by atoms with E-state index in [9.17, 15) is 4.79 Å². The molecular formula is C6H6ClNO. The molecule has 0 saturated heterocycles. The minimum Gasteiger partial charge on any atom is -0.268 e. The average molecular weight is 144 g/mol. The second-order valence-corrected chi connectivity index (χ2v) is 2.22. The molecule has 9 heavy (non-hydrogen) atoms. The molecule has 0 unspecified atom stereocenters. The summed E-state index contributed by atoms with van der Waals surface area (Å²) < 4.78 is 1.02. The summed E-state index contributed by atoms with van der Waals surface area (Å²) in [6.07, 6.45) is 1.53. The van der Waals surface area contributed by atoms with E-state index in [-0.39, 0.29) is 5.56 Å². The number of rotatable bonds is 0. The van der Waals surface area contributed by atoms with E-state index in [1.807, 2.05) is 6.92 Å². The molecule has 48 valence electrons. The minimum absolute atomic E-state index is 0.184. The van der Waals surface area contributed by atoms with Crippen LogP contribution in [0.15, 0.2) is 23.1 Å². The van der Waals surface area contributed by atoms with Crippen LogP contribution in [0.25, 0.3) is 0 Å². The summed E-state index contributed by atoms with van der Waals surface area (Å²) in [6, 6.07) is 3.25. The number of hydrogen-bond acceptors (Lipinski definition) is 1. The number of pyridine rings is 1. The summed E-state index contributed by atoms with van der Waals surface area (Å²) in [6.45, 7) is 1.85. The molecule has 0 atom stereocenters. The lowest BCUT2D eigenvalue weighted by Crippen LogP contribution is -2.09. The van der Waals surface area contributed by atoms with Gasteiger partial charge in [0.15, 0.2) is 0 Å². The molecule has 0 radical (unpaired) electrons. The van der Waals surface area contributed by atoms with Crippen molar-refractivity contribution in [1.82, 2.24) is 4.09 Å². The zero-order chi connectivity index (χ0) is 6.85. The van der Waals surface area contributed by atoms with Crippen molar-refractivity contribution in [2.75, 3.05) is 0 Å². The first kappa shape index (κ1) is 6.36. The predicted molar refractivity (Wildman–Crippen MR) is 36.7 cm³/mol. The van der Waals surface area contributed by atoms with Gasteiger partial charge in [-0.25, -0.2) is 4.09 Å². The highest BCUT2D eigenvalue weighted by Crippen LogP contribution is 1.90. The number of aryl methyl sites for hydroxylation is 1. The molecule has 0 spiro atoms. The van der Waals surface area contributed by atoms with E-state index in [4.69, 9.17) is 11.8 Å². The summed E-state index contributed by atoms with van der Waals surface area (Å²) in [7, 11) is 0. The standard InChI is InChI=1S/C6H6ClNO/c1-5-2-3-8(7)6(9)4-5/h2-4H,1H3. The van der Waals surface area contributed by atoms with Gasteiger partial charge in [-0.05, 0) is 18.6 Å². The summed E-state index contributed by atoms with van der Waals surface area (Å²) in [5.41, 5.74) is 0.744. The number of nitrogens with zero attached hydrogens (tertiary/aromatic N) is 1. The summed E-state index contributed by atoms with van der Waals surface area (Å²) >= 11 is 5.38. The third-order valence-electron chi connectivity index (χ3n) is 1.03. The first-order valence-electron chi connectivity index (χ1n) is 2.55. The van der Waals surface area contributed by atoms with Gasteiger partial charge in [0.25, 0.3) is 5.56 Å². The van der Waals surface area contributed by atoms with E-state index in [2.05, 4.69) is 0 Å². The highest BCUT2D eigenvalue weighted by atomic mass is 35.5. The zero-order valence-electron chi connectivity index (χ0n) is 4.97. The van der Waals surface area contributed by atoms with Crippen LogP contribution in [0.1, 0.15) is 5.56 Å². The molecule has 1 aromatic heterocycles. The van der Waals surface area contributed by atoms with Gasteiger partial charge in [0.2, 0.25) is 0 Å². The maximum Gasteiger partial charge on any atom is 0.265 e. The molecule has 0 aliphatic heterocycles. The van der Waals surface area contributed by atoms with Crippen LogP contribution in [0.2, 0.25) is 0 Å². The Kier molecular flexibility index (Phi) is 1.58. The molecule has 0 N–H and O–H groups in total. The van der Waals surface area contributed by atoms with Crippen LogP contribution in [0.5, 0.6) is 0 Å². The molecule has 0 saturated carbocycles. The Morgan fingerprint density at radius 2 is 2.33 bits per heavy atom. The summed E-state index contributed by atoms with van der Waals surface area (Å²) in [5.74, 6) is 0. The van der Waals surface area contributed by atoms with E-state index >= 15 is 0 Å². The normalized spacial score (nSPS) is 9.56. The maximum atomic E-state index is 10.7. The van der Waals surface area contributed by atoms with Crippen molar-refractivity contribution in [3.63, 3.8) is 0 Å². The number of hydrogen-bond donors (Lipinski definition) is 0. The second-order valence-electron chi connectivity index (χ2n) is 1.85. The van der Waals surface area contributed by atoms with Gasteiger partial charge >= 0.3 is 0 Å². The van der Waals surface area contributed by atoms with Gasteiger partial charge in [0.1, 0.15) is 0 Å². The third-order valence-corrected chi connectivity index (χ3v) is 1.31. The quantitative estimate of drug-likeness (QED) is 0.534. The molecule has 1 rings (SSSR count). The van der Waals surface area contributed by atoms with Crippen molar-refractivity contribution in [1.29, 1.82) is 0 Å². The average Bonchev–Trinajstić information content (AvgIpc) is 1.80. The third kappa shape index (κ3) is 1.33. The van der Waals surface area contributed by atoms with Gasteiger partial charge in [-0.3, -0.25) is 4.79 Å². The topological polar surface area (TPSA) is 22.0 Å². The SMILES string of the molecule is Cc1ccn(Cl)c(=O)c1. The highest BCUT2D eigenvalue weighted by molar-refractivity contribution is 6.15. The first-order valence-corrected chi connectivity index (χ1v) is 2.89. The van der Waals surface area contributed by atoms with E-state index in [0.717, 1.165) is 9.65 Å². The lowest BCUT2D eigenvalue weighted by molar-refractivity contribution is 1.11. The van der Waals surface area contributed by atoms with Crippen molar-refractivity contribution in [3.8, 4) is 0 Å². The molecule has 1 aromatic rings. The van der Waals surface area contributed by atoms with Crippen molar-refractivity contribution in [2.45, 2.75) is 6.92 Å². The Balaban J connectivity index is 3.34. The first-order chi connectivity index (χ1) is 4.20. The van der Waals surface area contributed by atoms with Crippen LogP contribution in [-0.2, 0) is 0 Å². The van der Waals surface area contributed by atoms with Crippen molar-refractivity contribution in [2.24, 2.45) is 0 Å². The molecule has 0 amide bonds. The van der Waals surface area contributed by atoms with Crippen LogP contribution in [-0.4, -0.2) is 4.09 Å². The molecule has 3 heteroatoms. The fourth-order valence-electron chi connectivity index (χ4n) is 0.561. The van der Waals surface area contributed by atoms with Crippen LogP contribution in [0, 0.1) is 6.92 Å². The smallest absolute Gasteiger partial charge is 0.265 e. The molecular weight excluding hydrogens is 138 g/mol. The van der Waals surface area contributed by atoms with E-state index < -0.39 is 0 Å². The second kappa shape index (κ2) is 2.23. The Labute approximate surface area is 57.8 Å². The summed E-state index contributed by atoms with van der Waals surface area (Å²) in [5, 5.41) is 0. The van der Waals surface area contributed by atoms with Crippen molar-refractivity contribution < 1.29 is 0 Å². The van der Waals surface area contributed by atoms with Gasteiger partial charge in [-0.2, -0.15) is 0 Å². The Hall–Kier alpha value is -0.760. The van der Waals surface area contributed by atoms with E-state index in [1.54, 1.807) is 6.07 Å². The monoisotopic (exact) mass is 143 g/mol. The highest BCUT2D eigenvalue weighted by Gasteiger charge is 1.88. The minimum atomic E-state index is -0.184. The molecule has 0 aliphatic carbocycles. The van der Waals surface area contributed by atoms with Crippen LogP contribution in [0.3, 0.4) is 0 Å². The Bertz CT molecular complexity index is 266. The summed E-state index contributed by atoms with van der Waals surface area (Å²) in [4.78, 5) is 10.7. The van der Waals surface area contributed by atoms with Crippen LogP contribution < -0.4 is 5.56 Å². The fourth-order valence-corrected chi connectivity index (χ4v) is 0.666. The zero-order valence-corrected chi connectivity index (χ0v) is 5.72. The van der Waals surface area contributed by atoms with Crippen LogP contribution >= 0.6 is 11.8 Å². The number of aromatic nitrogens is 1. The molecule has 1 heterocycles. The van der Waals surface area contributed by atoms with E-state index in [1.165, 1.54) is 12.3 Å². The lowest BCUT2D eigenvalue weighted by atomic mass is 10.3. The largest absolute Gasteiger partial charge is 0.268 e. The number of halogens is 1. The van der Waals surface area contributed by atoms with E-state index in [0.29, 0.717) is 0 Å². The molecule has 0 aromatic carbocycles. The Morgan fingerprint density at radius 3 is 2.78 bits per heavy atom. The Morgan fingerprint density at radius 1 is 1.67 bits per heavy atom. The predicted octanol–water partition coefficient (Wildman–Crippen LogP) is 1.16. The van der Waals surface area contributed by atoms with Gasteiger partial charge < -0.3 is 0 Å². The van der Waals surface area contributed by atoms with Gasteiger partial charge in [0.05, 0.1) is 0 Å². The molecule has 2 nitrogen and oxygen atoms in total. The van der Waals surface area contributed by atoms with Gasteiger partial charge in [-0.15, -0.1) is 0 Å². The molecule has 0 aliphatic rings. The molecule has 0 fully saturated rings. The van der Waals surface area contributed by atoms with Gasteiger partial charge in [0, 0.05) is 24.0 Å². The van der Waals surface area contributed by atoms with Crippen molar-refractivity contribution >= 4 is 11.8 Å². The van der Waals surface area contributed by atoms with Gasteiger partial charge in [-0.1, -0.05) is 0 Å².